The minimum absolute atomic E-state index is 0.0689. The summed E-state index contributed by atoms with van der Waals surface area (Å²) in [7, 11) is 0. The Morgan fingerprint density at radius 1 is 1.15 bits per heavy atom. The second-order valence-corrected chi connectivity index (χ2v) is 10.2. The van der Waals surface area contributed by atoms with Gasteiger partial charge in [0.2, 0.25) is 0 Å². The number of anilines is 1. The number of rotatable bonds is 4. The van der Waals surface area contributed by atoms with Crippen LogP contribution >= 0.6 is 0 Å². The summed E-state index contributed by atoms with van der Waals surface area (Å²) in [4.78, 5) is 9.53. The van der Waals surface area contributed by atoms with Gasteiger partial charge in [-0.3, -0.25) is 15.2 Å². The highest BCUT2D eigenvalue weighted by molar-refractivity contribution is 5.83. The molecule has 178 valence electrons. The predicted molar refractivity (Wildman–Crippen MR) is 114 cm³/mol. The van der Waals surface area contributed by atoms with Gasteiger partial charge in [0.05, 0.1) is 18.2 Å². The Bertz CT molecular complexity index is 918. The highest BCUT2D eigenvalue weighted by atomic mass is 19.4. The second-order valence-electron chi connectivity index (χ2n) is 10.2. The van der Waals surface area contributed by atoms with E-state index in [-0.39, 0.29) is 23.7 Å². The Morgan fingerprint density at radius 3 is 2.33 bits per heavy atom. The van der Waals surface area contributed by atoms with Crippen LogP contribution < -0.4 is 4.90 Å². The van der Waals surface area contributed by atoms with Crippen LogP contribution in [0.15, 0.2) is 18.3 Å². The van der Waals surface area contributed by atoms with Gasteiger partial charge in [-0.2, -0.15) is 18.4 Å². The molecule has 0 spiro atoms. The molecule has 0 amide bonds. The van der Waals surface area contributed by atoms with Crippen molar-refractivity contribution in [3.63, 3.8) is 0 Å². The van der Waals surface area contributed by atoms with Crippen LogP contribution in [0.1, 0.15) is 37.7 Å². The van der Waals surface area contributed by atoms with Crippen LogP contribution in [-0.4, -0.2) is 65.1 Å². The number of pyridine rings is 1. The van der Waals surface area contributed by atoms with Gasteiger partial charge in [-0.15, -0.1) is 0 Å². The molecule has 0 radical (unpaired) electrons. The fraction of sp³-hybridized carbons (Fsp3) is 0.696. The Hall–Kier alpha value is -2.41. The molecule has 0 aromatic carbocycles. The molecule has 6 nitrogen and oxygen atoms in total. The summed E-state index contributed by atoms with van der Waals surface area (Å²) in [5.41, 5.74) is -1.84. The van der Waals surface area contributed by atoms with Gasteiger partial charge in [0.25, 0.3) is 0 Å². The van der Waals surface area contributed by atoms with Crippen LogP contribution in [0.3, 0.4) is 0 Å². The van der Waals surface area contributed by atoms with Crippen LogP contribution in [0.4, 0.5) is 23.4 Å². The standard InChI is InChI=1S/C23H28F4N6/c24-22-9-15-7-16(10-22)21(17(8-15)11-22)33(14-28)19(29)13-31-3-5-32(6-4-31)20-2-1-18(12-30-20)23(25,26)27/h1-2,12,15-17,21,29H,3-11,13H2. The quantitative estimate of drug-likeness (QED) is 0.241. The number of nitrogens with one attached hydrogen (secondary N) is 1. The topological polar surface area (TPSA) is 70.2 Å². The van der Waals surface area contributed by atoms with Crippen molar-refractivity contribution in [3.8, 4) is 6.19 Å². The fourth-order valence-electron chi connectivity index (χ4n) is 6.79. The highest BCUT2D eigenvalue weighted by Gasteiger charge is 2.57. The number of hydrogen-bond donors (Lipinski definition) is 1. The first-order chi connectivity index (χ1) is 15.6. The van der Waals surface area contributed by atoms with Crippen molar-refractivity contribution in [2.24, 2.45) is 17.8 Å². The average Bonchev–Trinajstić information content (AvgIpc) is 2.75. The van der Waals surface area contributed by atoms with E-state index < -0.39 is 17.4 Å². The molecule has 33 heavy (non-hydrogen) atoms. The normalized spacial score (nSPS) is 33.7. The Kier molecular flexibility index (Phi) is 5.51. The van der Waals surface area contributed by atoms with Gasteiger partial charge in [0, 0.05) is 32.4 Å². The Balaban J connectivity index is 1.17. The minimum atomic E-state index is -4.40. The van der Waals surface area contributed by atoms with Gasteiger partial charge in [-0.1, -0.05) is 0 Å². The van der Waals surface area contributed by atoms with Crippen LogP contribution in [0, 0.1) is 34.6 Å². The lowest BCUT2D eigenvalue weighted by Gasteiger charge is -2.58. The number of piperazine rings is 1. The molecule has 2 unspecified atom stereocenters. The first kappa shape index (κ1) is 22.4. The summed E-state index contributed by atoms with van der Waals surface area (Å²) in [5, 5.41) is 18.5. The second kappa shape index (κ2) is 8.12. The van der Waals surface area contributed by atoms with Crippen LogP contribution in [0.25, 0.3) is 0 Å². The molecule has 4 bridgehead atoms. The van der Waals surface area contributed by atoms with E-state index in [2.05, 4.69) is 16.1 Å². The van der Waals surface area contributed by atoms with Gasteiger partial charge < -0.3 is 4.90 Å². The van der Waals surface area contributed by atoms with E-state index in [0.29, 0.717) is 63.7 Å². The third-order valence-corrected chi connectivity index (χ3v) is 7.99. The molecule has 2 atom stereocenters. The molecule has 1 aromatic heterocycles. The van der Waals surface area contributed by atoms with E-state index >= 15 is 4.39 Å². The molecule has 1 saturated heterocycles. The molecule has 10 heteroatoms. The van der Waals surface area contributed by atoms with E-state index in [9.17, 15) is 18.4 Å². The number of amidine groups is 1. The third kappa shape index (κ3) is 4.27. The first-order valence-corrected chi connectivity index (χ1v) is 11.6. The van der Waals surface area contributed by atoms with Crippen molar-refractivity contribution in [1.82, 2.24) is 14.8 Å². The Morgan fingerprint density at radius 2 is 1.82 bits per heavy atom. The smallest absolute Gasteiger partial charge is 0.354 e. The Labute approximate surface area is 190 Å². The SMILES string of the molecule is N#CN(C(=N)CN1CCN(c2ccc(C(F)(F)F)cn2)CC1)C1C2CC3CC1CC(F)(C3)C2. The third-order valence-electron chi connectivity index (χ3n) is 7.99. The zero-order valence-electron chi connectivity index (χ0n) is 18.4. The van der Waals surface area contributed by atoms with E-state index in [1.54, 1.807) is 4.90 Å². The van der Waals surface area contributed by atoms with Gasteiger partial charge in [0.1, 0.15) is 17.3 Å². The number of hydrogen-bond acceptors (Lipinski definition) is 5. The molecule has 4 aliphatic carbocycles. The van der Waals surface area contributed by atoms with E-state index in [1.807, 2.05) is 4.90 Å². The molecule has 1 aliphatic heterocycles. The zero-order valence-corrected chi connectivity index (χ0v) is 18.4. The molecular formula is C23H28F4N6. The molecule has 6 rings (SSSR count). The molecule has 1 aromatic rings. The van der Waals surface area contributed by atoms with Crippen molar-refractivity contribution < 1.29 is 17.6 Å². The molecule has 5 aliphatic rings. The van der Waals surface area contributed by atoms with Crippen molar-refractivity contribution in [2.45, 2.75) is 50.0 Å². The summed E-state index contributed by atoms with van der Waals surface area (Å²) in [6.45, 7) is 2.74. The van der Waals surface area contributed by atoms with E-state index in [1.165, 1.54) is 6.07 Å². The summed E-state index contributed by atoms with van der Waals surface area (Å²) in [6, 6.07) is 2.37. The largest absolute Gasteiger partial charge is 0.417 e. The minimum Gasteiger partial charge on any atom is -0.354 e. The lowest BCUT2D eigenvalue weighted by molar-refractivity contribution is -0.137. The monoisotopic (exact) mass is 464 g/mol. The van der Waals surface area contributed by atoms with Crippen molar-refractivity contribution in [1.29, 1.82) is 10.7 Å². The average molecular weight is 465 g/mol. The van der Waals surface area contributed by atoms with Gasteiger partial charge >= 0.3 is 6.18 Å². The molecule has 2 heterocycles. The fourth-order valence-corrected chi connectivity index (χ4v) is 6.79. The zero-order chi connectivity index (χ0) is 23.4. The summed E-state index contributed by atoms with van der Waals surface area (Å²) < 4.78 is 53.3. The highest BCUT2D eigenvalue weighted by Crippen LogP contribution is 2.58. The number of halogens is 4. The van der Waals surface area contributed by atoms with E-state index in [0.717, 1.165) is 25.1 Å². The van der Waals surface area contributed by atoms with Crippen LogP contribution in [0.2, 0.25) is 0 Å². The molecular weight excluding hydrogens is 436 g/mol. The summed E-state index contributed by atoms with van der Waals surface area (Å²) >= 11 is 0. The predicted octanol–water partition coefficient (Wildman–Crippen LogP) is 3.90. The summed E-state index contributed by atoms with van der Waals surface area (Å²) in [5.74, 6) is 1.46. The molecule has 4 saturated carbocycles. The van der Waals surface area contributed by atoms with Crippen LogP contribution in [0.5, 0.6) is 0 Å². The molecule has 5 fully saturated rings. The maximum absolute atomic E-state index is 15.0. The number of nitrogens with zero attached hydrogens (tertiary/aromatic N) is 5. The van der Waals surface area contributed by atoms with Gasteiger partial charge in [-0.05, 0) is 62.0 Å². The van der Waals surface area contributed by atoms with Crippen LogP contribution in [-0.2, 0) is 6.18 Å². The van der Waals surface area contributed by atoms with Gasteiger partial charge in [0.15, 0.2) is 6.19 Å². The van der Waals surface area contributed by atoms with Gasteiger partial charge in [-0.25, -0.2) is 9.37 Å². The molecule has 1 N–H and O–H groups in total. The lowest BCUT2D eigenvalue weighted by atomic mass is 9.52. The number of aromatic nitrogens is 1. The lowest BCUT2D eigenvalue weighted by Crippen LogP contribution is -2.61. The summed E-state index contributed by atoms with van der Waals surface area (Å²) in [6.07, 6.45) is 2.27. The number of nitriles is 1. The van der Waals surface area contributed by atoms with Crippen molar-refractivity contribution >= 4 is 11.7 Å². The van der Waals surface area contributed by atoms with Crippen molar-refractivity contribution in [3.05, 3.63) is 23.9 Å². The number of alkyl halides is 4. The van der Waals surface area contributed by atoms with E-state index in [4.69, 9.17) is 5.41 Å². The maximum atomic E-state index is 15.0. The maximum Gasteiger partial charge on any atom is 0.417 e. The van der Waals surface area contributed by atoms with Crippen molar-refractivity contribution in [2.75, 3.05) is 37.6 Å². The first-order valence-electron chi connectivity index (χ1n) is 11.6.